The van der Waals surface area contributed by atoms with Crippen LogP contribution in [0.2, 0.25) is 0 Å². The van der Waals surface area contributed by atoms with Crippen LogP contribution in [0.25, 0.3) is 10.8 Å². The topological polar surface area (TPSA) is 55.4 Å². The van der Waals surface area contributed by atoms with Crippen molar-refractivity contribution in [3.63, 3.8) is 0 Å². The summed E-state index contributed by atoms with van der Waals surface area (Å²) in [5.41, 5.74) is 1.24. The quantitative estimate of drug-likeness (QED) is 0.702. The third kappa shape index (κ3) is 3.86. The van der Waals surface area contributed by atoms with Gasteiger partial charge in [-0.05, 0) is 49.6 Å². The summed E-state index contributed by atoms with van der Waals surface area (Å²) in [6.45, 7) is 3.22. The number of ether oxygens (including phenoxy) is 1. The Hall–Kier alpha value is -3.14. The normalized spacial score (nSPS) is 11.8. The van der Waals surface area contributed by atoms with Crippen LogP contribution >= 0.6 is 0 Å². The van der Waals surface area contributed by atoms with E-state index in [9.17, 15) is 9.59 Å². The van der Waals surface area contributed by atoms with E-state index in [1.54, 1.807) is 31.2 Å². The summed E-state index contributed by atoms with van der Waals surface area (Å²) in [5, 5.41) is 4.83. The fourth-order valence-corrected chi connectivity index (χ4v) is 2.57. The highest BCUT2D eigenvalue weighted by Crippen LogP contribution is 2.26. The molecule has 0 aliphatic carbocycles. The molecule has 0 aliphatic rings. The number of carbonyl (C=O) groups is 2. The van der Waals surface area contributed by atoms with Crippen molar-refractivity contribution in [3.8, 4) is 5.75 Å². The van der Waals surface area contributed by atoms with Crippen LogP contribution < -0.4 is 10.1 Å². The number of rotatable bonds is 5. The number of hydrogen-bond donors (Lipinski definition) is 1. The highest BCUT2D eigenvalue weighted by Gasteiger charge is 2.16. The number of nitrogens with one attached hydrogen (secondary N) is 1. The van der Waals surface area contributed by atoms with Gasteiger partial charge in [-0.25, -0.2) is 0 Å². The van der Waals surface area contributed by atoms with Crippen LogP contribution in [0.3, 0.4) is 0 Å². The van der Waals surface area contributed by atoms with Crippen molar-refractivity contribution >= 4 is 28.2 Å². The molecule has 4 heteroatoms. The second-order valence-electron chi connectivity index (χ2n) is 5.86. The first-order valence-electron chi connectivity index (χ1n) is 8.11. The molecule has 0 aliphatic heterocycles. The second-order valence-corrected chi connectivity index (χ2v) is 5.86. The number of Topliss-reactive ketones (excluding diaryl/α,β-unsaturated/α-hetero) is 1. The van der Waals surface area contributed by atoms with Crippen molar-refractivity contribution < 1.29 is 14.3 Å². The molecule has 4 nitrogen and oxygen atoms in total. The molecule has 1 N–H and O–H groups in total. The molecule has 0 unspecified atom stereocenters. The molecule has 0 saturated carbocycles. The van der Waals surface area contributed by atoms with Crippen molar-refractivity contribution in [3.05, 3.63) is 72.3 Å². The SMILES string of the molecule is CC(=O)c1ccc(NC(=O)[C@@H](C)Oc2cccc3ccccc23)cc1. The van der Waals surface area contributed by atoms with Gasteiger partial charge in [-0.2, -0.15) is 0 Å². The molecular formula is C21H19NO3. The molecule has 1 atom stereocenters. The summed E-state index contributed by atoms with van der Waals surface area (Å²) < 4.78 is 5.86. The maximum atomic E-state index is 12.4. The van der Waals surface area contributed by atoms with Gasteiger partial charge in [0, 0.05) is 16.6 Å². The Bertz CT molecular complexity index is 911. The lowest BCUT2D eigenvalue weighted by molar-refractivity contribution is -0.122. The fourth-order valence-electron chi connectivity index (χ4n) is 2.57. The van der Waals surface area contributed by atoms with Crippen LogP contribution in [0.5, 0.6) is 5.75 Å². The molecule has 25 heavy (non-hydrogen) atoms. The summed E-state index contributed by atoms with van der Waals surface area (Å²) in [6, 6.07) is 20.4. The summed E-state index contributed by atoms with van der Waals surface area (Å²) >= 11 is 0. The lowest BCUT2D eigenvalue weighted by Gasteiger charge is -2.16. The van der Waals surface area contributed by atoms with Gasteiger partial charge in [-0.1, -0.05) is 36.4 Å². The van der Waals surface area contributed by atoms with Gasteiger partial charge >= 0.3 is 0 Å². The summed E-state index contributed by atoms with van der Waals surface area (Å²) in [5.74, 6) is 0.418. The van der Waals surface area contributed by atoms with Gasteiger partial charge in [-0.15, -0.1) is 0 Å². The van der Waals surface area contributed by atoms with Crippen LogP contribution in [0.1, 0.15) is 24.2 Å². The van der Waals surface area contributed by atoms with Crippen molar-refractivity contribution in [1.29, 1.82) is 0 Å². The van der Waals surface area contributed by atoms with Crippen molar-refractivity contribution in [2.24, 2.45) is 0 Å². The number of fused-ring (bicyclic) bond motifs is 1. The highest BCUT2D eigenvalue weighted by molar-refractivity contribution is 5.97. The number of carbonyl (C=O) groups excluding carboxylic acids is 2. The number of benzene rings is 3. The Labute approximate surface area is 146 Å². The minimum Gasteiger partial charge on any atom is -0.480 e. The molecule has 3 aromatic rings. The zero-order valence-electron chi connectivity index (χ0n) is 14.2. The Morgan fingerprint density at radius 1 is 0.920 bits per heavy atom. The van der Waals surface area contributed by atoms with Crippen LogP contribution in [-0.2, 0) is 4.79 Å². The average molecular weight is 333 g/mol. The Balaban J connectivity index is 1.71. The molecule has 3 rings (SSSR count). The van der Waals surface area contributed by atoms with Gasteiger partial charge in [-0.3, -0.25) is 9.59 Å². The highest BCUT2D eigenvalue weighted by atomic mass is 16.5. The predicted octanol–water partition coefficient (Wildman–Crippen LogP) is 4.45. The molecule has 0 radical (unpaired) electrons. The van der Waals surface area contributed by atoms with E-state index in [0.29, 0.717) is 17.0 Å². The Morgan fingerprint density at radius 3 is 2.32 bits per heavy atom. The Morgan fingerprint density at radius 2 is 1.60 bits per heavy atom. The van der Waals surface area contributed by atoms with Gasteiger partial charge in [0.05, 0.1) is 0 Å². The zero-order chi connectivity index (χ0) is 17.8. The van der Waals surface area contributed by atoms with E-state index in [4.69, 9.17) is 4.74 Å². The molecule has 1 amide bonds. The first kappa shape index (κ1) is 16.7. The summed E-state index contributed by atoms with van der Waals surface area (Å²) in [4.78, 5) is 23.7. The molecule has 126 valence electrons. The van der Waals surface area contributed by atoms with Gasteiger partial charge in [0.25, 0.3) is 5.91 Å². The average Bonchev–Trinajstić information content (AvgIpc) is 2.62. The third-order valence-electron chi connectivity index (χ3n) is 3.98. The standard InChI is InChI=1S/C21H19NO3/c1-14(23)16-10-12-18(13-11-16)22-21(24)15(2)25-20-9-5-7-17-6-3-4-8-19(17)20/h3-13,15H,1-2H3,(H,22,24)/t15-/m1/s1. The molecule has 0 aromatic heterocycles. The van der Waals surface area contributed by atoms with E-state index < -0.39 is 6.10 Å². The lowest BCUT2D eigenvalue weighted by atomic mass is 10.1. The van der Waals surface area contributed by atoms with Crippen LogP contribution in [0, 0.1) is 0 Å². The lowest BCUT2D eigenvalue weighted by Crippen LogP contribution is -2.30. The van der Waals surface area contributed by atoms with E-state index in [1.165, 1.54) is 6.92 Å². The molecule has 0 fully saturated rings. The molecular weight excluding hydrogens is 314 g/mol. The summed E-state index contributed by atoms with van der Waals surface area (Å²) in [6.07, 6.45) is -0.654. The van der Waals surface area contributed by atoms with Gasteiger partial charge in [0.1, 0.15) is 5.75 Å². The Kier molecular flexibility index (Phi) is 4.80. The van der Waals surface area contributed by atoms with Gasteiger partial charge in [0.15, 0.2) is 11.9 Å². The molecule has 0 saturated heterocycles. The molecule has 0 bridgehead atoms. The second kappa shape index (κ2) is 7.18. The van der Waals surface area contributed by atoms with E-state index in [1.807, 2.05) is 42.5 Å². The smallest absolute Gasteiger partial charge is 0.265 e. The number of amides is 1. The van der Waals surface area contributed by atoms with Crippen LogP contribution in [0.4, 0.5) is 5.69 Å². The largest absolute Gasteiger partial charge is 0.480 e. The maximum Gasteiger partial charge on any atom is 0.265 e. The van der Waals surface area contributed by atoms with E-state index in [-0.39, 0.29) is 11.7 Å². The first-order chi connectivity index (χ1) is 12.0. The fraction of sp³-hybridized carbons (Fsp3) is 0.143. The first-order valence-corrected chi connectivity index (χ1v) is 8.11. The van der Waals surface area contributed by atoms with Crippen molar-refractivity contribution in [1.82, 2.24) is 0 Å². The van der Waals surface area contributed by atoms with Gasteiger partial charge in [0.2, 0.25) is 0 Å². The predicted molar refractivity (Wildman–Crippen MR) is 99.1 cm³/mol. The van der Waals surface area contributed by atoms with Crippen molar-refractivity contribution in [2.75, 3.05) is 5.32 Å². The zero-order valence-corrected chi connectivity index (χ0v) is 14.2. The monoisotopic (exact) mass is 333 g/mol. The number of hydrogen-bond acceptors (Lipinski definition) is 3. The van der Waals surface area contributed by atoms with Crippen LogP contribution in [0.15, 0.2) is 66.7 Å². The molecule has 0 spiro atoms. The maximum absolute atomic E-state index is 12.4. The number of anilines is 1. The van der Waals surface area contributed by atoms with Crippen LogP contribution in [-0.4, -0.2) is 17.8 Å². The summed E-state index contributed by atoms with van der Waals surface area (Å²) in [7, 11) is 0. The third-order valence-corrected chi connectivity index (χ3v) is 3.98. The minimum absolute atomic E-state index is 0.00877. The minimum atomic E-state index is -0.654. The van der Waals surface area contributed by atoms with Crippen molar-refractivity contribution in [2.45, 2.75) is 20.0 Å². The van der Waals surface area contributed by atoms with E-state index in [2.05, 4.69) is 5.32 Å². The van der Waals surface area contributed by atoms with E-state index in [0.717, 1.165) is 10.8 Å². The molecule has 0 heterocycles. The van der Waals surface area contributed by atoms with Gasteiger partial charge < -0.3 is 10.1 Å². The van der Waals surface area contributed by atoms with E-state index >= 15 is 0 Å². The number of ketones is 1. The molecule has 3 aromatic carbocycles.